The highest BCUT2D eigenvalue weighted by Gasteiger charge is 1.99. The number of aromatic nitrogens is 5. The summed E-state index contributed by atoms with van der Waals surface area (Å²) < 4.78 is 11.5. The first kappa shape index (κ1) is 44.9. The lowest BCUT2D eigenvalue weighted by Gasteiger charge is -2.01. The lowest BCUT2D eigenvalue weighted by Crippen LogP contribution is -1.95. The molecule has 0 atom stereocenters. The van der Waals surface area contributed by atoms with Gasteiger partial charge in [-0.05, 0) is 66.6 Å². The zero-order valence-corrected chi connectivity index (χ0v) is 30.5. The molecule has 8 heteroatoms. The summed E-state index contributed by atoms with van der Waals surface area (Å²) in [6.07, 6.45) is 13.4. The molecule has 7 nitrogen and oxygen atoms in total. The Hall–Kier alpha value is -3.52. The lowest BCUT2D eigenvalue weighted by atomic mass is 10.2. The molecule has 44 heavy (non-hydrogen) atoms. The molecule has 5 aromatic rings. The molecule has 0 aromatic carbocycles. The summed E-state index contributed by atoms with van der Waals surface area (Å²) in [4.78, 5) is 7.56. The van der Waals surface area contributed by atoms with E-state index in [1.54, 1.807) is 55.1 Å². The Bertz CT molecular complexity index is 913. The predicted molar refractivity (Wildman–Crippen MR) is 190 cm³/mol. The van der Waals surface area contributed by atoms with Crippen molar-refractivity contribution >= 4 is 11.3 Å². The molecular formula is C36H61N5O2S. The predicted octanol–water partition coefficient (Wildman–Crippen LogP) is 11.8. The van der Waals surface area contributed by atoms with Gasteiger partial charge in [0.1, 0.15) is 18.4 Å². The van der Waals surface area contributed by atoms with Crippen LogP contribution < -0.4 is 0 Å². The summed E-state index contributed by atoms with van der Waals surface area (Å²) in [5.74, 6) is 3.91. The second-order valence-electron chi connectivity index (χ2n) is 11.9. The Morgan fingerprint density at radius 3 is 1.20 bits per heavy atom. The molecular weight excluding hydrogens is 566 g/mol. The van der Waals surface area contributed by atoms with Crippen LogP contribution in [0.15, 0.2) is 112 Å². The van der Waals surface area contributed by atoms with Gasteiger partial charge in [-0.25, -0.2) is 4.98 Å². The van der Waals surface area contributed by atoms with Gasteiger partial charge in [-0.2, -0.15) is 11.3 Å². The minimum absolute atomic E-state index is 0.456. The fourth-order valence-corrected chi connectivity index (χ4v) is 2.21. The molecule has 0 amide bonds. The lowest BCUT2D eigenvalue weighted by molar-refractivity contribution is 0.482. The van der Waals surface area contributed by atoms with Crippen LogP contribution in [-0.2, 0) is 0 Å². The molecule has 248 valence electrons. The first-order chi connectivity index (χ1) is 20.8. The van der Waals surface area contributed by atoms with Gasteiger partial charge in [-0.1, -0.05) is 94.4 Å². The monoisotopic (exact) mass is 627 g/mol. The quantitative estimate of drug-likeness (QED) is 0.194. The Balaban J connectivity index is -0.000000444. The molecule has 0 saturated heterocycles. The van der Waals surface area contributed by atoms with Crippen molar-refractivity contribution in [3.8, 4) is 0 Å². The summed E-state index contributed by atoms with van der Waals surface area (Å²) in [5.41, 5.74) is 0. The first-order valence-corrected chi connectivity index (χ1v) is 16.3. The molecule has 5 rings (SSSR count). The van der Waals surface area contributed by atoms with Gasteiger partial charge in [-0.15, -0.1) is 10.2 Å². The van der Waals surface area contributed by atoms with E-state index in [1.165, 1.54) is 6.39 Å². The summed E-state index contributed by atoms with van der Waals surface area (Å²) >= 11 is 1.71. The maximum absolute atomic E-state index is 4.98. The van der Waals surface area contributed by atoms with E-state index in [0.29, 0.717) is 12.0 Å². The Morgan fingerprint density at radius 2 is 1.05 bits per heavy atom. The summed E-state index contributed by atoms with van der Waals surface area (Å²) in [5, 5.41) is 11.4. The Morgan fingerprint density at radius 1 is 0.591 bits per heavy atom. The number of hydrogen-bond donors (Lipinski definition) is 0. The molecule has 0 bridgehead atoms. The van der Waals surface area contributed by atoms with Gasteiger partial charge >= 0.3 is 0 Å². The number of thiophene rings is 1. The molecule has 0 radical (unpaired) electrons. The van der Waals surface area contributed by atoms with Gasteiger partial charge in [0, 0.05) is 24.4 Å². The van der Waals surface area contributed by atoms with Gasteiger partial charge in [-0.3, -0.25) is 4.98 Å². The number of hydrogen-bond acceptors (Lipinski definition) is 7. The molecule has 5 aromatic heterocycles. The van der Waals surface area contributed by atoms with Crippen molar-refractivity contribution in [1.29, 1.82) is 0 Å². The molecule has 0 aliphatic heterocycles. The zero-order chi connectivity index (χ0) is 34.0. The highest BCUT2D eigenvalue weighted by molar-refractivity contribution is 7.07. The normalized spacial score (nSPS) is 9.14. The van der Waals surface area contributed by atoms with Crippen molar-refractivity contribution in [2.45, 2.75) is 102 Å². The topological polar surface area (TPSA) is 82.8 Å². The summed E-state index contributed by atoms with van der Waals surface area (Å²) in [6, 6.07) is 13.9. The van der Waals surface area contributed by atoms with Crippen LogP contribution >= 0.6 is 11.3 Å². The van der Waals surface area contributed by atoms with Crippen molar-refractivity contribution in [3.63, 3.8) is 0 Å². The van der Waals surface area contributed by atoms with Crippen LogP contribution in [-0.4, -0.2) is 24.7 Å². The summed E-state index contributed by atoms with van der Waals surface area (Å²) in [7, 11) is 0. The highest BCUT2D eigenvalue weighted by Crippen LogP contribution is 2.11. The van der Waals surface area contributed by atoms with Crippen LogP contribution in [0, 0.1) is 17.8 Å². The maximum Gasteiger partial charge on any atom is 0.180 e. The molecule has 0 spiro atoms. The van der Waals surface area contributed by atoms with Crippen molar-refractivity contribution < 1.29 is 8.83 Å². The average molecular weight is 628 g/mol. The van der Waals surface area contributed by atoms with Crippen LogP contribution in [0.2, 0.25) is 0 Å². The van der Waals surface area contributed by atoms with E-state index in [4.69, 9.17) is 4.42 Å². The van der Waals surface area contributed by atoms with E-state index in [-0.39, 0.29) is 0 Å². The zero-order valence-electron chi connectivity index (χ0n) is 29.7. The highest BCUT2D eigenvalue weighted by atomic mass is 32.1. The van der Waals surface area contributed by atoms with Crippen molar-refractivity contribution in [2.75, 3.05) is 0 Å². The van der Waals surface area contributed by atoms with E-state index in [2.05, 4.69) is 115 Å². The number of oxazole rings is 1. The average Bonchev–Trinajstić information content (AvgIpc) is 3.80. The second-order valence-corrected chi connectivity index (χ2v) is 12.7. The fraction of sp³-hybridized carbons (Fsp3) is 0.500. The third-order valence-corrected chi connectivity index (χ3v) is 4.10. The van der Waals surface area contributed by atoms with Crippen LogP contribution in [0.25, 0.3) is 0 Å². The minimum atomic E-state index is 0.456. The second kappa shape index (κ2) is 34.0. The maximum atomic E-state index is 4.98. The molecule has 0 N–H and O–H groups in total. The van der Waals surface area contributed by atoms with Crippen LogP contribution in [0.4, 0.5) is 0 Å². The van der Waals surface area contributed by atoms with E-state index in [9.17, 15) is 0 Å². The standard InChI is InChI=1S/C6H9NO.C5H9N3.C5H5N.C4H4O.C4H4S.3C4H10/c1-5(2)6-3-7-4-8-6;1-5(2)8-3-6-7-4-8;1-2-4-6-5-3-1;2*1-2-4-5-3-1;3*1-4(2)3/h2*3-5H,1-2H3;1-5H;2*1-4H;3*4H,1-3H3. The van der Waals surface area contributed by atoms with E-state index >= 15 is 0 Å². The van der Waals surface area contributed by atoms with Gasteiger partial charge < -0.3 is 13.4 Å². The van der Waals surface area contributed by atoms with E-state index in [1.807, 2.05) is 57.8 Å². The third kappa shape index (κ3) is 45.5. The van der Waals surface area contributed by atoms with Gasteiger partial charge in [0.2, 0.25) is 0 Å². The minimum Gasteiger partial charge on any atom is -0.473 e. The molecule has 0 fully saturated rings. The van der Waals surface area contributed by atoms with Gasteiger partial charge in [0.25, 0.3) is 0 Å². The third-order valence-electron chi connectivity index (χ3n) is 3.47. The molecule has 0 unspecified atom stereocenters. The Labute approximate surface area is 273 Å². The van der Waals surface area contributed by atoms with Gasteiger partial charge in [0.15, 0.2) is 6.39 Å². The van der Waals surface area contributed by atoms with Crippen LogP contribution in [0.1, 0.15) is 108 Å². The SMILES string of the molecule is CC(C)C.CC(C)C.CC(C)C.CC(C)c1cnco1.CC(C)n1cnnc1.c1ccncc1.c1ccoc1.c1ccsc1. The molecule has 0 aliphatic rings. The smallest absolute Gasteiger partial charge is 0.180 e. The Kier molecular flexibility index (Phi) is 34.7. The largest absolute Gasteiger partial charge is 0.473 e. The molecule has 5 heterocycles. The van der Waals surface area contributed by atoms with Crippen molar-refractivity contribution in [3.05, 3.63) is 109 Å². The number of furan rings is 1. The van der Waals surface area contributed by atoms with Gasteiger partial charge in [0.05, 0.1) is 18.7 Å². The number of pyridine rings is 1. The van der Waals surface area contributed by atoms with Crippen LogP contribution in [0.3, 0.4) is 0 Å². The fourth-order valence-electron chi connectivity index (χ4n) is 1.75. The van der Waals surface area contributed by atoms with E-state index < -0.39 is 0 Å². The number of nitrogens with zero attached hydrogens (tertiary/aromatic N) is 5. The van der Waals surface area contributed by atoms with Crippen molar-refractivity contribution in [1.82, 2.24) is 24.7 Å². The first-order valence-electron chi connectivity index (χ1n) is 15.3. The van der Waals surface area contributed by atoms with E-state index in [0.717, 1.165) is 23.5 Å². The van der Waals surface area contributed by atoms with Crippen LogP contribution in [0.5, 0.6) is 0 Å². The molecule has 0 saturated carbocycles. The summed E-state index contributed by atoms with van der Waals surface area (Å²) in [6.45, 7) is 27.8. The van der Waals surface area contributed by atoms with Crippen molar-refractivity contribution in [2.24, 2.45) is 17.8 Å². The molecule has 0 aliphatic carbocycles. The number of rotatable bonds is 2.